The molecule has 0 unspecified atom stereocenters. The van der Waals surface area contributed by atoms with Crippen molar-refractivity contribution >= 4 is 29.4 Å². The molecule has 1 aromatic carbocycles. The lowest BCUT2D eigenvalue weighted by molar-refractivity contribution is 0.0195. The molecule has 2 aromatic rings. The van der Waals surface area contributed by atoms with E-state index in [0.717, 1.165) is 70.3 Å². The molecule has 0 atom stereocenters. The van der Waals surface area contributed by atoms with Gasteiger partial charge >= 0.3 is 6.09 Å². The van der Waals surface area contributed by atoms with Gasteiger partial charge in [0.2, 0.25) is 0 Å². The van der Waals surface area contributed by atoms with E-state index in [4.69, 9.17) is 26.3 Å². The van der Waals surface area contributed by atoms with Crippen molar-refractivity contribution in [1.29, 1.82) is 5.26 Å². The molecule has 45 heavy (non-hydrogen) atoms. The highest BCUT2D eigenvalue weighted by atomic mass is 35.5. The second-order valence-electron chi connectivity index (χ2n) is 13.3. The fraction of sp³-hybridized carbons (Fsp3) is 0.606. The Balaban J connectivity index is 0.999. The number of hydrogen-bond acceptors (Lipinski definition) is 9. The van der Waals surface area contributed by atoms with Gasteiger partial charge in [0.15, 0.2) is 11.5 Å². The second-order valence-corrected chi connectivity index (χ2v) is 13.7. The van der Waals surface area contributed by atoms with Crippen molar-refractivity contribution < 1.29 is 19.1 Å². The summed E-state index contributed by atoms with van der Waals surface area (Å²) in [6, 6.07) is 11.7. The van der Waals surface area contributed by atoms with Gasteiger partial charge < -0.3 is 29.9 Å². The van der Waals surface area contributed by atoms with Crippen LogP contribution in [0.2, 0.25) is 5.02 Å². The average molecular weight is 638 g/mol. The smallest absolute Gasteiger partial charge is 0.410 e. The number of nitrogens with one attached hydrogen (secondary N) is 2. The molecule has 0 bridgehead atoms. The van der Waals surface area contributed by atoms with Gasteiger partial charge in [-0.25, -0.2) is 4.79 Å². The molecule has 2 N–H and O–H groups in total. The Morgan fingerprint density at radius 2 is 1.58 bits per heavy atom. The van der Waals surface area contributed by atoms with Crippen LogP contribution in [0.3, 0.4) is 0 Å². The number of rotatable bonds is 7. The van der Waals surface area contributed by atoms with Crippen molar-refractivity contribution in [2.75, 3.05) is 31.1 Å². The number of aromatic nitrogens is 2. The molecule has 0 spiro atoms. The fourth-order valence-corrected chi connectivity index (χ4v) is 6.43. The summed E-state index contributed by atoms with van der Waals surface area (Å²) in [7, 11) is 0. The molecule has 1 aromatic heterocycles. The van der Waals surface area contributed by atoms with E-state index in [-0.39, 0.29) is 24.1 Å². The predicted octanol–water partition coefficient (Wildman–Crippen LogP) is 5.08. The van der Waals surface area contributed by atoms with Crippen molar-refractivity contribution in [2.24, 2.45) is 0 Å². The Labute approximate surface area is 270 Å². The Morgan fingerprint density at radius 1 is 0.911 bits per heavy atom. The Morgan fingerprint density at radius 3 is 2.16 bits per heavy atom. The van der Waals surface area contributed by atoms with E-state index in [1.807, 2.05) is 31.7 Å². The number of ether oxygens (including phenoxy) is 2. The van der Waals surface area contributed by atoms with Crippen molar-refractivity contribution in [3.63, 3.8) is 0 Å². The maximum atomic E-state index is 12.9. The van der Waals surface area contributed by atoms with Gasteiger partial charge in [-0.1, -0.05) is 11.6 Å². The number of anilines is 1. The van der Waals surface area contributed by atoms with Crippen LogP contribution in [0.4, 0.5) is 10.6 Å². The molecule has 3 fully saturated rings. The second kappa shape index (κ2) is 14.6. The zero-order chi connectivity index (χ0) is 32.0. The normalized spacial score (nSPS) is 21.6. The van der Waals surface area contributed by atoms with E-state index in [2.05, 4.69) is 31.8 Å². The van der Waals surface area contributed by atoms with E-state index in [0.29, 0.717) is 47.2 Å². The maximum Gasteiger partial charge on any atom is 0.410 e. The van der Waals surface area contributed by atoms with Crippen LogP contribution in [-0.2, 0) is 4.74 Å². The van der Waals surface area contributed by atoms with Crippen molar-refractivity contribution in [3.05, 3.63) is 46.6 Å². The number of halogens is 1. The van der Waals surface area contributed by atoms with Gasteiger partial charge in [0, 0.05) is 50.4 Å². The topological polar surface area (TPSA) is 133 Å². The van der Waals surface area contributed by atoms with Gasteiger partial charge in [-0.15, -0.1) is 10.2 Å². The highest BCUT2D eigenvalue weighted by Gasteiger charge is 2.29. The first kappa shape index (κ1) is 32.8. The van der Waals surface area contributed by atoms with Gasteiger partial charge in [-0.05, 0) is 96.4 Å². The number of amides is 2. The Kier molecular flexibility index (Phi) is 10.7. The SMILES string of the molecule is CC(C)(C)OC(=O)N1CCC(NC2CCN(c3ccc(C(=O)NC4CCC(Oc5ccc(C#N)c(Cl)c5)CC4)nn3)CC2)CC1. The van der Waals surface area contributed by atoms with Crippen LogP contribution in [-0.4, -0.2) is 83.1 Å². The maximum absolute atomic E-state index is 12.9. The van der Waals surface area contributed by atoms with Gasteiger partial charge in [0.1, 0.15) is 17.4 Å². The summed E-state index contributed by atoms with van der Waals surface area (Å²) in [6.07, 6.45) is 6.90. The average Bonchev–Trinajstić information content (AvgIpc) is 3.02. The van der Waals surface area contributed by atoms with Gasteiger partial charge in [0.05, 0.1) is 16.7 Å². The van der Waals surface area contributed by atoms with Crippen LogP contribution in [0.15, 0.2) is 30.3 Å². The van der Waals surface area contributed by atoms with Gasteiger partial charge in [-0.2, -0.15) is 5.26 Å². The molecule has 3 aliphatic rings. The summed E-state index contributed by atoms with van der Waals surface area (Å²) in [4.78, 5) is 29.3. The van der Waals surface area contributed by atoms with Gasteiger partial charge in [0.25, 0.3) is 5.91 Å². The highest BCUT2D eigenvalue weighted by molar-refractivity contribution is 6.31. The molecule has 12 heteroatoms. The van der Waals surface area contributed by atoms with Crippen molar-refractivity contribution in [3.8, 4) is 11.8 Å². The molecule has 2 aliphatic heterocycles. The monoisotopic (exact) mass is 637 g/mol. The summed E-state index contributed by atoms with van der Waals surface area (Å²) in [5, 5.41) is 25.0. The summed E-state index contributed by atoms with van der Waals surface area (Å²) in [6.45, 7) is 8.85. The van der Waals surface area contributed by atoms with Crippen LogP contribution in [0, 0.1) is 11.3 Å². The molecular weight excluding hydrogens is 594 g/mol. The lowest BCUT2D eigenvalue weighted by atomic mass is 9.93. The molecule has 2 amide bonds. The largest absolute Gasteiger partial charge is 0.490 e. The number of carbonyl (C=O) groups excluding carboxylic acids is 2. The van der Waals surface area contributed by atoms with E-state index < -0.39 is 5.60 Å². The zero-order valence-corrected chi connectivity index (χ0v) is 27.2. The lowest BCUT2D eigenvalue weighted by Gasteiger charge is -2.38. The minimum absolute atomic E-state index is 0.0396. The first-order valence-corrected chi connectivity index (χ1v) is 16.4. The van der Waals surface area contributed by atoms with E-state index in [9.17, 15) is 9.59 Å². The summed E-state index contributed by atoms with van der Waals surface area (Å²) in [5.41, 5.74) is 0.272. The molecule has 11 nitrogen and oxygen atoms in total. The molecule has 3 heterocycles. The summed E-state index contributed by atoms with van der Waals surface area (Å²) >= 11 is 6.12. The lowest BCUT2D eigenvalue weighted by Crippen LogP contribution is -2.51. The van der Waals surface area contributed by atoms with Crippen LogP contribution >= 0.6 is 11.6 Å². The highest BCUT2D eigenvalue weighted by Crippen LogP contribution is 2.28. The number of nitrogens with zero attached hydrogens (tertiary/aromatic N) is 5. The standard InChI is InChI=1S/C33H44ClN7O4/c1-33(2,3)45-32(43)41-18-14-25(15-19-41)36-24-12-16-40(17-13-24)30-11-10-29(38-39-30)31(42)37-23-5-8-26(9-6-23)44-27-7-4-22(21-35)28(34)20-27/h4,7,10-11,20,23-26,36H,5-6,8-9,12-19H2,1-3H3,(H,37,42). The summed E-state index contributed by atoms with van der Waals surface area (Å²) in [5.74, 6) is 1.23. The van der Waals surface area contributed by atoms with Crippen LogP contribution in [0.1, 0.15) is 88.2 Å². The molecule has 5 rings (SSSR count). The molecular formula is C33H44ClN7O4. The third-order valence-corrected chi connectivity index (χ3v) is 9.01. The Bertz CT molecular complexity index is 1350. The van der Waals surface area contributed by atoms with E-state index in [1.165, 1.54) is 0 Å². The van der Waals surface area contributed by atoms with Crippen molar-refractivity contribution in [1.82, 2.24) is 25.7 Å². The number of nitriles is 1. The number of piperidine rings is 2. The quantitative estimate of drug-likeness (QED) is 0.426. The van der Waals surface area contributed by atoms with Gasteiger partial charge in [-0.3, -0.25) is 4.79 Å². The molecule has 1 aliphatic carbocycles. The fourth-order valence-electron chi connectivity index (χ4n) is 6.22. The predicted molar refractivity (Wildman–Crippen MR) is 172 cm³/mol. The first-order valence-electron chi connectivity index (χ1n) is 16.1. The number of likely N-dealkylation sites (tertiary alicyclic amines) is 1. The molecule has 1 saturated carbocycles. The first-order chi connectivity index (χ1) is 21.6. The van der Waals surface area contributed by atoms with Crippen LogP contribution in [0.5, 0.6) is 5.75 Å². The molecule has 0 radical (unpaired) electrons. The van der Waals surface area contributed by atoms with Crippen molar-refractivity contribution in [2.45, 2.75) is 102 Å². The minimum atomic E-state index is -0.473. The number of hydrogen-bond donors (Lipinski definition) is 2. The van der Waals surface area contributed by atoms with E-state index >= 15 is 0 Å². The Hall–Kier alpha value is -3.62. The minimum Gasteiger partial charge on any atom is -0.490 e. The number of benzene rings is 1. The van der Waals surface area contributed by atoms with Crippen LogP contribution in [0.25, 0.3) is 0 Å². The molecule has 242 valence electrons. The van der Waals surface area contributed by atoms with E-state index in [1.54, 1.807) is 24.3 Å². The third-order valence-electron chi connectivity index (χ3n) is 8.69. The number of carbonyl (C=O) groups is 2. The zero-order valence-electron chi connectivity index (χ0n) is 26.4. The molecule has 2 saturated heterocycles. The van der Waals surface area contributed by atoms with Crippen LogP contribution < -0.4 is 20.3 Å². The summed E-state index contributed by atoms with van der Waals surface area (Å²) < 4.78 is 11.6. The third kappa shape index (κ3) is 9.21.